The van der Waals surface area contributed by atoms with Crippen LogP contribution in [-0.2, 0) is 9.53 Å². The van der Waals surface area contributed by atoms with Crippen molar-refractivity contribution in [2.45, 2.75) is 20.0 Å². The van der Waals surface area contributed by atoms with Crippen molar-refractivity contribution in [3.63, 3.8) is 0 Å². The third-order valence-electron chi connectivity index (χ3n) is 2.35. The van der Waals surface area contributed by atoms with Crippen molar-refractivity contribution < 1.29 is 18.7 Å². The first-order valence-electron chi connectivity index (χ1n) is 6.48. The molecule has 0 radical (unpaired) electrons. The van der Waals surface area contributed by atoms with Crippen LogP contribution in [0.4, 0.5) is 10.1 Å². The van der Waals surface area contributed by atoms with Crippen LogP contribution in [0, 0.1) is 5.82 Å². The Kier molecular flexibility index (Phi) is 6.97. The molecular formula is C14H21FN2O3. The monoisotopic (exact) mass is 284 g/mol. The number of nitrogens with one attached hydrogen (secondary N) is 2. The molecule has 0 heterocycles. The van der Waals surface area contributed by atoms with Gasteiger partial charge in [-0.15, -0.1) is 0 Å². The van der Waals surface area contributed by atoms with Crippen molar-refractivity contribution in [3.05, 3.63) is 24.0 Å². The van der Waals surface area contributed by atoms with Gasteiger partial charge in [0.15, 0.2) is 0 Å². The number of anilines is 1. The fourth-order valence-electron chi connectivity index (χ4n) is 1.51. The van der Waals surface area contributed by atoms with E-state index in [1.807, 2.05) is 13.8 Å². The van der Waals surface area contributed by atoms with Gasteiger partial charge in [0, 0.05) is 19.7 Å². The number of rotatable bonds is 8. The third kappa shape index (κ3) is 5.99. The summed E-state index contributed by atoms with van der Waals surface area (Å²) >= 11 is 0. The lowest BCUT2D eigenvalue weighted by molar-refractivity contribution is -0.115. The van der Waals surface area contributed by atoms with Gasteiger partial charge in [-0.25, -0.2) is 4.39 Å². The molecule has 1 aromatic rings. The maximum absolute atomic E-state index is 13.8. The van der Waals surface area contributed by atoms with E-state index in [1.54, 1.807) is 13.2 Å². The maximum atomic E-state index is 13.8. The number of ether oxygens (including phenoxy) is 2. The van der Waals surface area contributed by atoms with Crippen molar-refractivity contribution in [3.8, 4) is 5.75 Å². The normalized spacial score (nSPS) is 10.7. The maximum Gasteiger partial charge on any atom is 0.238 e. The van der Waals surface area contributed by atoms with Gasteiger partial charge in [0.05, 0.1) is 24.9 Å². The zero-order chi connectivity index (χ0) is 15.0. The summed E-state index contributed by atoms with van der Waals surface area (Å²) in [6, 6.07) is 4.37. The van der Waals surface area contributed by atoms with Crippen molar-refractivity contribution in [2.24, 2.45) is 0 Å². The van der Waals surface area contributed by atoms with Crippen LogP contribution in [0.25, 0.3) is 0 Å². The average Bonchev–Trinajstić information content (AvgIpc) is 2.37. The molecule has 6 heteroatoms. The standard InChI is InChI=1S/C14H21FN2O3/c1-10(2)20-11-4-5-13(12(15)8-11)17-14(18)9-16-6-7-19-3/h4-5,8,10,16H,6-7,9H2,1-3H3,(H,17,18). The summed E-state index contributed by atoms with van der Waals surface area (Å²) in [6.45, 7) is 4.90. The largest absolute Gasteiger partial charge is 0.491 e. The lowest BCUT2D eigenvalue weighted by Gasteiger charge is -2.12. The molecule has 1 rings (SSSR count). The van der Waals surface area contributed by atoms with E-state index in [4.69, 9.17) is 9.47 Å². The van der Waals surface area contributed by atoms with Crippen molar-refractivity contribution >= 4 is 11.6 Å². The highest BCUT2D eigenvalue weighted by Crippen LogP contribution is 2.21. The summed E-state index contributed by atoms with van der Waals surface area (Å²) < 4.78 is 24.0. The van der Waals surface area contributed by atoms with E-state index in [0.29, 0.717) is 18.9 Å². The predicted octanol–water partition coefficient (Wildman–Crippen LogP) is 1.79. The summed E-state index contributed by atoms with van der Waals surface area (Å²) in [5, 5.41) is 5.37. The van der Waals surface area contributed by atoms with Crippen LogP contribution in [0.5, 0.6) is 5.75 Å². The van der Waals surface area contributed by atoms with E-state index in [2.05, 4.69) is 10.6 Å². The minimum Gasteiger partial charge on any atom is -0.491 e. The minimum atomic E-state index is -0.520. The topological polar surface area (TPSA) is 59.6 Å². The molecule has 0 atom stereocenters. The van der Waals surface area contributed by atoms with Crippen molar-refractivity contribution in [1.82, 2.24) is 5.32 Å². The summed E-state index contributed by atoms with van der Waals surface area (Å²) in [5.41, 5.74) is 0.139. The Morgan fingerprint density at radius 2 is 2.15 bits per heavy atom. The van der Waals surface area contributed by atoms with Crippen LogP contribution in [0.3, 0.4) is 0 Å². The number of hydrogen-bond donors (Lipinski definition) is 2. The molecule has 0 aliphatic carbocycles. The summed E-state index contributed by atoms with van der Waals surface area (Å²) in [6.07, 6.45) is -0.0279. The number of carbonyl (C=O) groups excluding carboxylic acids is 1. The number of benzene rings is 1. The Bertz CT molecular complexity index is 438. The van der Waals surface area contributed by atoms with Crippen LogP contribution in [0.1, 0.15) is 13.8 Å². The number of amides is 1. The Hall–Kier alpha value is -1.66. The first kappa shape index (κ1) is 16.4. The third-order valence-corrected chi connectivity index (χ3v) is 2.35. The van der Waals surface area contributed by atoms with Gasteiger partial charge in [-0.2, -0.15) is 0 Å². The fourth-order valence-corrected chi connectivity index (χ4v) is 1.51. The molecule has 20 heavy (non-hydrogen) atoms. The average molecular weight is 284 g/mol. The Morgan fingerprint density at radius 3 is 2.75 bits per heavy atom. The van der Waals surface area contributed by atoms with Crippen LogP contribution < -0.4 is 15.4 Å². The van der Waals surface area contributed by atoms with Gasteiger partial charge in [0.2, 0.25) is 5.91 Å². The zero-order valence-corrected chi connectivity index (χ0v) is 12.0. The second kappa shape index (κ2) is 8.50. The first-order valence-corrected chi connectivity index (χ1v) is 6.48. The molecule has 0 aromatic heterocycles. The fraction of sp³-hybridized carbons (Fsp3) is 0.500. The van der Waals surface area contributed by atoms with Crippen LogP contribution in [-0.4, -0.2) is 38.8 Å². The van der Waals surface area contributed by atoms with E-state index in [9.17, 15) is 9.18 Å². The molecule has 5 nitrogen and oxygen atoms in total. The molecule has 0 aliphatic heterocycles. The van der Waals surface area contributed by atoms with Gasteiger partial charge in [-0.3, -0.25) is 4.79 Å². The molecule has 0 unspecified atom stereocenters. The molecule has 0 aliphatic rings. The second-order valence-corrected chi connectivity index (χ2v) is 4.53. The molecule has 112 valence electrons. The summed E-state index contributed by atoms with van der Waals surface area (Å²) in [5.74, 6) is -0.389. The highest BCUT2D eigenvalue weighted by Gasteiger charge is 2.08. The molecule has 1 aromatic carbocycles. The molecular weight excluding hydrogens is 263 g/mol. The quantitative estimate of drug-likeness (QED) is 0.715. The van der Waals surface area contributed by atoms with Crippen LogP contribution >= 0.6 is 0 Å². The molecule has 1 amide bonds. The molecule has 2 N–H and O–H groups in total. The Labute approximate surface area is 118 Å². The molecule has 0 spiro atoms. The van der Waals surface area contributed by atoms with Crippen molar-refractivity contribution in [2.75, 3.05) is 32.1 Å². The second-order valence-electron chi connectivity index (χ2n) is 4.53. The molecule has 0 fully saturated rings. The number of hydrogen-bond acceptors (Lipinski definition) is 4. The molecule has 0 bridgehead atoms. The summed E-state index contributed by atoms with van der Waals surface area (Å²) in [7, 11) is 1.58. The first-order chi connectivity index (χ1) is 9.52. The highest BCUT2D eigenvalue weighted by molar-refractivity contribution is 5.92. The van der Waals surface area contributed by atoms with E-state index in [-0.39, 0.29) is 24.2 Å². The highest BCUT2D eigenvalue weighted by atomic mass is 19.1. The molecule has 0 saturated heterocycles. The summed E-state index contributed by atoms with van der Waals surface area (Å²) in [4.78, 5) is 11.6. The van der Waals surface area contributed by atoms with E-state index < -0.39 is 5.82 Å². The van der Waals surface area contributed by atoms with E-state index >= 15 is 0 Å². The number of carbonyl (C=O) groups is 1. The minimum absolute atomic E-state index is 0.0279. The van der Waals surface area contributed by atoms with Gasteiger partial charge < -0.3 is 20.1 Å². The lowest BCUT2D eigenvalue weighted by atomic mass is 10.2. The van der Waals surface area contributed by atoms with Crippen molar-refractivity contribution in [1.29, 1.82) is 0 Å². The zero-order valence-electron chi connectivity index (χ0n) is 12.0. The number of methoxy groups -OCH3 is 1. The van der Waals surface area contributed by atoms with Gasteiger partial charge in [0.1, 0.15) is 11.6 Å². The smallest absolute Gasteiger partial charge is 0.238 e. The van der Waals surface area contributed by atoms with E-state index in [1.165, 1.54) is 12.1 Å². The van der Waals surface area contributed by atoms with Crippen LogP contribution in [0.15, 0.2) is 18.2 Å². The molecule has 0 saturated carbocycles. The Balaban J connectivity index is 2.49. The SMILES string of the molecule is COCCNCC(=O)Nc1ccc(OC(C)C)cc1F. The van der Waals surface area contributed by atoms with Gasteiger partial charge in [0.25, 0.3) is 0 Å². The predicted molar refractivity (Wildman–Crippen MR) is 75.5 cm³/mol. The Morgan fingerprint density at radius 1 is 1.40 bits per heavy atom. The van der Waals surface area contributed by atoms with Gasteiger partial charge in [-0.05, 0) is 26.0 Å². The van der Waals surface area contributed by atoms with Crippen LogP contribution in [0.2, 0.25) is 0 Å². The lowest BCUT2D eigenvalue weighted by Crippen LogP contribution is -2.30. The van der Waals surface area contributed by atoms with Gasteiger partial charge >= 0.3 is 0 Å². The van der Waals surface area contributed by atoms with Gasteiger partial charge in [-0.1, -0.05) is 0 Å². The van der Waals surface area contributed by atoms with E-state index in [0.717, 1.165) is 0 Å². The number of halogens is 1.